The van der Waals surface area contributed by atoms with Crippen LogP contribution < -0.4 is 5.32 Å². The number of aryl methyl sites for hydroxylation is 2. The Labute approximate surface area is 122 Å². The van der Waals surface area contributed by atoms with E-state index in [0.717, 1.165) is 23.7 Å². The molecule has 0 aliphatic heterocycles. The third-order valence-corrected chi connectivity index (χ3v) is 4.28. The molecule has 0 aromatic carbocycles. The number of imidazole rings is 1. The molecule has 5 nitrogen and oxygen atoms in total. The third-order valence-electron chi connectivity index (χ3n) is 3.38. The lowest BCUT2D eigenvalue weighted by molar-refractivity contribution is 0.447. The quantitative estimate of drug-likeness (QED) is 0.784. The van der Waals surface area contributed by atoms with Crippen molar-refractivity contribution in [3.63, 3.8) is 0 Å². The van der Waals surface area contributed by atoms with Gasteiger partial charge in [0, 0.05) is 36.1 Å². The lowest BCUT2D eigenvalue weighted by Crippen LogP contribution is -2.30. The standard InChI is InChI=1S/C14H19N5S/c1-10(8-18-6-4-5-16-18)15-7-13-12(3)17-14-19(13)9-11(2)20-14/h4-6,9-10,15H,7-8H2,1-3H3. The van der Waals surface area contributed by atoms with E-state index < -0.39 is 0 Å². The van der Waals surface area contributed by atoms with Crippen LogP contribution in [0.3, 0.4) is 0 Å². The van der Waals surface area contributed by atoms with Gasteiger partial charge in [-0.2, -0.15) is 5.10 Å². The van der Waals surface area contributed by atoms with Crippen molar-refractivity contribution in [2.75, 3.05) is 0 Å². The average Bonchev–Trinajstić information content (AvgIpc) is 3.05. The first-order valence-corrected chi connectivity index (χ1v) is 7.60. The van der Waals surface area contributed by atoms with Crippen LogP contribution in [-0.4, -0.2) is 25.2 Å². The third kappa shape index (κ3) is 2.62. The molecule has 3 aromatic rings. The molecule has 0 amide bonds. The van der Waals surface area contributed by atoms with Crippen LogP contribution in [0.5, 0.6) is 0 Å². The summed E-state index contributed by atoms with van der Waals surface area (Å²) in [5.74, 6) is 0. The number of nitrogens with one attached hydrogen (secondary N) is 1. The van der Waals surface area contributed by atoms with Crippen molar-refractivity contribution in [2.24, 2.45) is 0 Å². The van der Waals surface area contributed by atoms with E-state index >= 15 is 0 Å². The summed E-state index contributed by atoms with van der Waals surface area (Å²) in [5.41, 5.74) is 2.35. The molecule has 1 atom stereocenters. The molecule has 0 fully saturated rings. The molecule has 0 aliphatic rings. The summed E-state index contributed by atoms with van der Waals surface area (Å²) in [5, 5.41) is 7.78. The molecule has 3 heterocycles. The van der Waals surface area contributed by atoms with E-state index in [1.807, 2.05) is 23.1 Å². The molecule has 0 spiro atoms. The fourth-order valence-electron chi connectivity index (χ4n) is 2.35. The van der Waals surface area contributed by atoms with Crippen LogP contribution in [0.1, 0.15) is 23.2 Å². The van der Waals surface area contributed by atoms with E-state index in [9.17, 15) is 0 Å². The Morgan fingerprint density at radius 2 is 2.25 bits per heavy atom. The number of rotatable bonds is 5. The van der Waals surface area contributed by atoms with Gasteiger partial charge in [-0.15, -0.1) is 11.3 Å². The van der Waals surface area contributed by atoms with E-state index in [-0.39, 0.29) is 0 Å². The largest absolute Gasteiger partial charge is 0.307 e. The van der Waals surface area contributed by atoms with Crippen molar-refractivity contribution >= 4 is 16.3 Å². The van der Waals surface area contributed by atoms with Crippen LogP contribution >= 0.6 is 11.3 Å². The first-order chi connectivity index (χ1) is 9.63. The van der Waals surface area contributed by atoms with Gasteiger partial charge in [0.25, 0.3) is 0 Å². The fourth-order valence-corrected chi connectivity index (χ4v) is 3.24. The van der Waals surface area contributed by atoms with Gasteiger partial charge < -0.3 is 5.32 Å². The highest BCUT2D eigenvalue weighted by Crippen LogP contribution is 2.20. The van der Waals surface area contributed by atoms with Crippen molar-refractivity contribution in [1.29, 1.82) is 0 Å². The van der Waals surface area contributed by atoms with Crippen molar-refractivity contribution in [2.45, 2.75) is 39.9 Å². The number of hydrogen-bond donors (Lipinski definition) is 1. The van der Waals surface area contributed by atoms with Crippen LogP contribution in [0.2, 0.25) is 0 Å². The lowest BCUT2D eigenvalue weighted by atomic mass is 10.3. The zero-order chi connectivity index (χ0) is 14.1. The summed E-state index contributed by atoms with van der Waals surface area (Å²) in [4.78, 5) is 6.98. The Hall–Kier alpha value is -1.66. The molecule has 3 aromatic heterocycles. The number of thiazole rings is 1. The number of aromatic nitrogens is 4. The Kier molecular flexibility index (Phi) is 3.58. The monoisotopic (exact) mass is 289 g/mol. The summed E-state index contributed by atoms with van der Waals surface area (Å²) in [6.45, 7) is 8.06. The minimum atomic E-state index is 0.361. The maximum Gasteiger partial charge on any atom is 0.194 e. The SMILES string of the molecule is Cc1cn2c(CNC(C)Cn3cccn3)c(C)nc2s1. The smallest absolute Gasteiger partial charge is 0.194 e. The summed E-state index contributed by atoms with van der Waals surface area (Å²) >= 11 is 1.74. The minimum absolute atomic E-state index is 0.361. The zero-order valence-corrected chi connectivity index (χ0v) is 12.8. The molecule has 1 unspecified atom stereocenters. The van der Waals surface area contributed by atoms with E-state index in [1.165, 1.54) is 10.6 Å². The topological polar surface area (TPSA) is 47.1 Å². The molecule has 106 valence electrons. The average molecular weight is 289 g/mol. The number of fused-ring (bicyclic) bond motifs is 1. The molecule has 0 saturated heterocycles. The van der Waals surface area contributed by atoms with Gasteiger partial charge in [0.2, 0.25) is 0 Å². The summed E-state index contributed by atoms with van der Waals surface area (Å²) < 4.78 is 4.15. The second kappa shape index (κ2) is 5.38. The highest BCUT2D eigenvalue weighted by Gasteiger charge is 2.12. The Morgan fingerprint density at radius 3 is 3.00 bits per heavy atom. The highest BCUT2D eigenvalue weighted by atomic mass is 32.1. The van der Waals surface area contributed by atoms with E-state index in [0.29, 0.717) is 6.04 Å². The summed E-state index contributed by atoms with van der Waals surface area (Å²) in [6.07, 6.45) is 5.96. The van der Waals surface area contributed by atoms with Crippen LogP contribution in [0.25, 0.3) is 4.96 Å². The van der Waals surface area contributed by atoms with Gasteiger partial charge in [0.15, 0.2) is 4.96 Å². The zero-order valence-electron chi connectivity index (χ0n) is 12.0. The van der Waals surface area contributed by atoms with Gasteiger partial charge in [-0.05, 0) is 26.8 Å². The molecule has 0 aliphatic carbocycles. The first-order valence-electron chi connectivity index (χ1n) is 6.78. The van der Waals surface area contributed by atoms with Crippen LogP contribution in [0.4, 0.5) is 0 Å². The molecule has 0 radical (unpaired) electrons. The van der Waals surface area contributed by atoms with Crippen LogP contribution in [0, 0.1) is 13.8 Å². The van der Waals surface area contributed by atoms with E-state index in [4.69, 9.17) is 0 Å². The van der Waals surface area contributed by atoms with Crippen molar-refractivity contribution in [1.82, 2.24) is 24.5 Å². The van der Waals surface area contributed by atoms with E-state index in [1.54, 1.807) is 11.3 Å². The molecular weight excluding hydrogens is 270 g/mol. The molecule has 0 bridgehead atoms. The van der Waals surface area contributed by atoms with Gasteiger partial charge in [0.1, 0.15) is 0 Å². The number of hydrogen-bond acceptors (Lipinski definition) is 4. The van der Waals surface area contributed by atoms with Gasteiger partial charge in [-0.25, -0.2) is 4.98 Å². The lowest BCUT2D eigenvalue weighted by Gasteiger charge is -2.13. The first kappa shape index (κ1) is 13.3. The molecule has 0 saturated carbocycles. The molecule has 20 heavy (non-hydrogen) atoms. The minimum Gasteiger partial charge on any atom is -0.307 e. The Balaban J connectivity index is 1.68. The highest BCUT2D eigenvalue weighted by molar-refractivity contribution is 7.17. The molecular formula is C14H19N5S. The fraction of sp³-hybridized carbons (Fsp3) is 0.429. The van der Waals surface area contributed by atoms with Gasteiger partial charge in [0.05, 0.1) is 17.9 Å². The van der Waals surface area contributed by atoms with Gasteiger partial charge >= 0.3 is 0 Å². The summed E-state index contributed by atoms with van der Waals surface area (Å²) in [7, 11) is 0. The second-order valence-electron chi connectivity index (χ2n) is 5.15. The van der Waals surface area contributed by atoms with Crippen LogP contribution in [0.15, 0.2) is 24.7 Å². The molecule has 6 heteroatoms. The number of nitrogens with zero attached hydrogens (tertiary/aromatic N) is 4. The van der Waals surface area contributed by atoms with Crippen molar-refractivity contribution in [3.8, 4) is 0 Å². The van der Waals surface area contributed by atoms with Crippen LogP contribution in [-0.2, 0) is 13.1 Å². The maximum atomic E-state index is 4.61. The maximum absolute atomic E-state index is 4.61. The normalized spacial score (nSPS) is 13.2. The van der Waals surface area contributed by atoms with Gasteiger partial charge in [-0.1, -0.05) is 0 Å². The van der Waals surface area contributed by atoms with Gasteiger partial charge in [-0.3, -0.25) is 9.08 Å². The molecule has 3 rings (SSSR count). The second-order valence-corrected chi connectivity index (χ2v) is 6.36. The van der Waals surface area contributed by atoms with Crippen molar-refractivity contribution < 1.29 is 0 Å². The Bertz CT molecular complexity index is 695. The molecule has 1 N–H and O–H groups in total. The predicted octanol–water partition coefficient (Wildman–Crippen LogP) is 2.39. The summed E-state index contributed by atoms with van der Waals surface area (Å²) in [6, 6.07) is 2.31. The predicted molar refractivity (Wildman–Crippen MR) is 81.1 cm³/mol. The Morgan fingerprint density at radius 1 is 1.40 bits per heavy atom. The van der Waals surface area contributed by atoms with E-state index in [2.05, 4.69) is 46.8 Å². The van der Waals surface area contributed by atoms with Crippen molar-refractivity contribution in [3.05, 3.63) is 40.9 Å².